The van der Waals surface area contributed by atoms with Gasteiger partial charge in [-0.15, -0.1) is 26.3 Å². The monoisotopic (exact) mass is 925 g/mol. The molecule has 1 aliphatic heterocycles. The summed E-state index contributed by atoms with van der Waals surface area (Å²) >= 11 is 0. The standard InChI is InChI=1S/C51H58F3N3O8Si/c1-9-23-57(24-10-2)42-36-27-33-26-35-40(38(61-29-31-18-13-11-14-19-31)28-34(37-22-17-25-56(37)6)44(35)63-51(52,53)54)43(58)39(33)46(59)50(36,65-66(7,8)49(3,4)5)47(60)41-45(42)64-55-48(41)62-30-32-20-15-12-16-21-32/h9-16,18-21,28,33,36-37,42,59H,1-2,17,22-27,29-30H2,3-8H3/t33-,36-,37-,42-,50?/m0/s1. The average molecular weight is 926 g/mol. The summed E-state index contributed by atoms with van der Waals surface area (Å²) in [5, 5.41) is 17.1. The molecular weight excluding hydrogens is 868 g/mol. The molecular formula is C51H58F3N3O8Si. The van der Waals surface area contributed by atoms with Crippen LogP contribution in [0.25, 0.3) is 0 Å². The van der Waals surface area contributed by atoms with Gasteiger partial charge in [0.25, 0.3) is 5.88 Å². The van der Waals surface area contributed by atoms with Crippen LogP contribution in [-0.4, -0.2) is 78.6 Å². The molecule has 1 aromatic heterocycles. The van der Waals surface area contributed by atoms with Crippen LogP contribution in [-0.2, 0) is 24.1 Å². The van der Waals surface area contributed by atoms with E-state index in [-0.39, 0.29) is 84.4 Å². The first kappa shape index (κ1) is 47.0. The Bertz CT molecular complexity index is 2530. The molecule has 3 aromatic carbocycles. The van der Waals surface area contributed by atoms with Crippen molar-refractivity contribution < 1.29 is 51.0 Å². The fourth-order valence-electron chi connectivity index (χ4n) is 10.1. The van der Waals surface area contributed by atoms with Gasteiger partial charge in [0.2, 0.25) is 5.78 Å². The first-order valence-corrected chi connectivity index (χ1v) is 25.4. The topological polar surface area (TPSA) is 124 Å². The molecule has 0 radical (unpaired) electrons. The molecule has 4 aliphatic rings. The van der Waals surface area contributed by atoms with Gasteiger partial charge in [0.05, 0.1) is 11.6 Å². The second-order valence-corrected chi connectivity index (χ2v) is 24.1. The van der Waals surface area contributed by atoms with E-state index < -0.39 is 72.3 Å². The third-order valence-electron chi connectivity index (χ3n) is 14.2. The van der Waals surface area contributed by atoms with Crippen LogP contribution in [0.3, 0.4) is 0 Å². The third-order valence-corrected chi connectivity index (χ3v) is 18.6. The minimum absolute atomic E-state index is 0.000431. The zero-order chi connectivity index (χ0) is 47.3. The van der Waals surface area contributed by atoms with Crippen molar-refractivity contribution in [2.75, 3.05) is 26.7 Å². The van der Waals surface area contributed by atoms with Gasteiger partial charge < -0.3 is 28.3 Å². The highest BCUT2D eigenvalue weighted by Gasteiger charge is 2.68. The third kappa shape index (κ3) is 8.43. The molecule has 1 fully saturated rings. The minimum atomic E-state index is -5.11. The van der Waals surface area contributed by atoms with Gasteiger partial charge in [0, 0.05) is 41.7 Å². The van der Waals surface area contributed by atoms with Crippen LogP contribution >= 0.6 is 0 Å². The number of aromatic nitrogens is 1. The number of nitrogens with zero attached hydrogens (tertiary/aromatic N) is 3. The van der Waals surface area contributed by atoms with E-state index in [1.165, 1.54) is 6.07 Å². The van der Waals surface area contributed by atoms with Gasteiger partial charge in [-0.3, -0.25) is 19.4 Å². The van der Waals surface area contributed by atoms with Crippen LogP contribution < -0.4 is 14.2 Å². The number of likely N-dealkylation sites (tertiary alicyclic amines) is 1. The summed E-state index contributed by atoms with van der Waals surface area (Å²) in [5.41, 5.74) is -0.651. The predicted molar refractivity (Wildman–Crippen MR) is 245 cm³/mol. The lowest BCUT2D eigenvalue weighted by Crippen LogP contribution is -2.65. The number of ether oxygens (including phenoxy) is 3. The van der Waals surface area contributed by atoms with E-state index in [1.807, 2.05) is 111 Å². The van der Waals surface area contributed by atoms with Crippen LogP contribution in [0.1, 0.15) is 101 Å². The molecule has 66 heavy (non-hydrogen) atoms. The van der Waals surface area contributed by atoms with Gasteiger partial charge in [-0.05, 0) is 85.7 Å². The van der Waals surface area contributed by atoms with E-state index in [0.717, 1.165) is 17.5 Å². The number of allylic oxidation sites excluding steroid dienone is 1. The van der Waals surface area contributed by atoms with Crippen LogP contribution in [0.5, 0.6) is 17.4 Å². The Morgan fingerprint density at radius 1 is 0.970 bits per heavy atom. The molecule has 0 saturated carbocycles. The smallest absolute Gasteiger partial charge is 0.508 e. The van der Waals surface area contributed by atoms with Crippen molar-refractivity contribution in [2.45, 2.75) is 102 Å². The number of alkyl halides is 3. The number of halogens is 3. The Kier molecular flexibility index (Phi) is 12.8. The lowest BCUT2D eigenvalue weighted by Gasteiger charge is -2.55. The van der Waals surface area contributed by atoms with Gasteiger partial charge in [0.15, 0.2) is 25.5 Å². The number of ketones is 2. The maximum Gasteiger partial charge on any atom is 0.573 e. The molecule has 11 nitrogen and oxygen atoms in total. The number of benzene rings is 3. The number of hydrogen-bond acceptors (Lipinski definition) is 11. The number of aliphatic hydroxyl groups is 1. The number of Topliss-reactive ketones (excluding diaryl/α,β-unsaturated/α-hetero) is 2. The van der Waals surface area contributed by atoms with Crippen LogP contribution in [0.2, 0.25) is 18.1 Å². The van der Waals surface area contributed by atoms with Crippen molar-refractivity contribution in [1.29, 1.82) is 0 Å². The maximum absolute atomic E-state index is 15.9. The molecule has 2 heterocycles. The summed E-state index contributed by atoms with van der Waals surface area (Å²) in [7, 11) is -1.26. The Morgan fingerprint density at radius 3 is 2.15 bits per heavy atom. The molecule has 0 spiro atoms. The SMILES string of the molecule is C=CCN(CC=C)[C@@H]1c2onc(OCc3ccccc3)c2C(=O)C2(O[Si](C)(C)C(C)(C)C)C(O)=C3C(=O)c4c(OCc5ccccc5)cc([C@@H]5CCCN5C)c(OC(F)(F)F)c4C[C@H]3C[C@@H]12. The van der Waals surface area contributed by atoms with E-state index in [1.54, 1.807) is 12.2 Å². The Hall–Kier alpha value is -5.48. The summed E-state index contributed by atoms with van der Waals surface area (Å²) in [5.74, 6) is -4.24. The number of carbonyl (C=O) groups is 2. The molecule has 4 aromatic rings. The van der Waals surface area contributed by atoms with Crippen molar-refractivity contribution >= 4 is 19.9 Å². The number of hydrogen-bond donors (Lipinski definition) is 1. The predicted octanol–water partition coefficient (Wildman–Crippen LogP) is 11.1. The molecule has 0 bridgehead atoms. The summed E-state index contributed by atoms with van der Waals surface area (Å²) in [4.78, 5) is 35.5. The lowest BCUT2D eigenvalue weighted by atomic mass is 9.58. The second kappa shape index (κ2) is 18.0. The number of rotatable bonds is 15. The van der Waals surface area contributed by atoms with Gasteiger partial charge in [-0.2, -0.15) is 0 Å². The number of fused-ring (bicyclic) bond motifs is 4. The molecule has 0 amide bonds. The highest BCUT2D eigenvalue weighted by Crippen LogP contribution is 2.61. The first-order valence-electron chi connectivity index (χ1n) is 22.5. The fourth-order valence-corrected chi connectivity index (χ4v) is 11.6. The van der Waals surface area contributed by atoms with Gasteiger partial charge in [-0.1, -0.05) is 93.6 Å². The van der Waals surface area contributed by atoms with Crippen LogP contribution in [0, 0.1) is 11.8 Å². The van der Waals surface area contributed by atoms with Crippen molar-refractivity contribution in [3.63, 3.8) is 0 Å². The highest BCUT2D eigenvalue weighted by atomic mass is 28.4. The fraction of sp³-hybridized carbons (Fsp3) is 0.431. The zero-order valence-corrected chi connectivity index (χ0v) is 39.4. The average Bonchev–Trinajstić information content (AvgIpc) is 3.89. The minimum Gasteiger partial charge on any atom is -0.508 e. The second-order valence-electron chi connectivity index (χ2n) is 19.3. The number of aliphatic hydroxyl groups excluding tert-OH is 1. The van der Waals surface area contributed by atoms with Crippen molar-refractivity contribution in [2.24, 2.45) is 11.8 Å². The molecule has 3 aliphatic carbocycles. The Labute approximate surface area is 385 Å². The molecule has 1 unspecified atom stereocenters. The summed E-state index contributed by atoms with van der Waals surface area (Å²) in [6.07, 6.45) is -0.544. The van der Waals surface area contributed by atoms with E-state index in [0.29, 0.717) is 13.0 Å². The van der Waals surface area contributed by atoms with Crippen molar-refractivity contribution in [3.05, 3.63) is 143 Å². The van der Waals surface area contributed by atoms with Gasteiger partial charge in [-0.25, -0.2) is 0 Å². The molecule has 8 rings (SSSR count). The van der Waals surface area contributed by atoms with E-state index in [9.17, 15) is 18.3 Å². The molecule has 350 valence electrons. The molecule has 5 atom stereocenters. The van der Waals surface area contributed by atoms with Crippen LogP contribution in [0.4, 0.5) is 13.2 Å². The van der Waals surface area contributed by atoms with Gasteiger partial charge >= 0.3 is 6.36 Å². The van der Waals surface area contributed by atoms with E-state index >= 15 is 9.59 Å². The zero-order valence-electron chi connectivity index (χ0n) is 38.4. The van der Waals surface area contributed by atoms with Crippen molar-refractivity contribution in [3.8, 4) is 17.4 Å². The van der Waals surface area contributed by atoms with Gasteiger partial charge in [0.1, 0.15) is 36.0 Å². The quantitative estimate of drug-likeness (QED) is 0.0905. The summed E-state index contributed by atoms with van der Waals surface area (Å²) < 4.78 is 75.2. The number of carbonyl (C=O) groups excluding carboxylic acids is 2. The lowest BCUT2D eigenvalue weighted by molar-refractivity contribution is -0.275. The largest absolute Gasteiger partial charge is 0.573 e. The molecule has 1 N–H and O–H groups in total. The normalized spacial score (nSPS) is 23.2. The summed E-state index contributed by atoms with van der Waals surface area (Å²) in [6.45, 7) is 19.2. The van der Waals surface area contributed by atoms with E-state index in [2.05, 4.69) is 18.3 Å². The van der Waals surface area contributed by atoms with E-state index in [4.69, 9.17) is 23.2 Å². The summed E-state index contributed by atoms with van der Waals surface area (Å²) in [6, 6.07) is 18.7. The Morgan fingerprint density at radius 2 is 1.59 bits per heavy atom. The Balaban J connectivity index is 1.38. The molecule has 15 heteroatoms. The van der Waals surface area contributed by atoms with Crippen molar-refractivity contribution in [1.82, 2.24) is 15.0 Å². The maximum atomic E-state index is 15.9. The molecule has 1 saturated heterocycles. The van der Waals surface area contributed by atoms with Crippen LogP contribution in [0.15, 0.2) is 108 Å². The first-order chi connectivity index (χ1) is 31.3. The highest BCUT2D eigenvalue weighted by molar-refractivity contribution is 6.74.